The van der Waals surface area contributed by atoms with E-state index < -0.39 is 0 Å². The van der Waals surface area contributed by atoms with Crippen molar-refractivity contribution in [1.82, 2.24) is 9.80 Å². The molecule has 1 aromatic carbocycles. The molecule has 8 nitrogen and oxygen atoms in total. The standard InChI is InChI=1S/C21H31N5O3/c1-16(27)26-12-4-11-25(13-14-26)10-3-2-5-21(29)24-20(23)15-19(22)17-6-8-18(28)9-7-17/h6-9,15,28H,2-5,10-14,22H2,1H3,(H2,23,24,29)/b19-15-. The van der Waals surface area contributed by atoms with Gasteiger partial charge in [0.05, 0.1) is 0 Å². The van der Waals surface area contributed by atoms with Gasteiger partial charge in [0.15, 0.2) is 0 Å². The maximum Gasteiger partial charge on any atom is 0.247 e. The summed E-state index contributed by atoms with van der Waals surface area (Å²) in [5, 5.41) is 9.30. The molecule has 2 amide bonds. The molecular formula is C21H31N5O3. The summed E-state index contributed by atoms with van der Waals surface area (Å²) in [5.74, 6) is 0.0796. The number of amides is 2. The molecule has 2 rings (SSSR count). The summed E-state index contributed by atoms with van der Waals surface area (Å²) in [6.45, 7) is 5.96. The molecule has 0 atom stereocenters. The van der Waals surface area contributed by atoms with Crippen LogP contribution in [0.1, 0.15) is 38.2 Å². The molecular weight excluding hydrogens is 370 g/mol. The molecule has 0 saturated carbocycles. The molecule has 1 heterocycles. The molecule has 0 aromatic heterocycles. The van der Waals surface area contributed by atoms with Crippen LogP contribution in [-0.2, 0) is 9.59 Å². The fraction of sp³-hybridized carbons (Fsp3) is 0.476. The number of nitrogens with two attached hydrogens (primary N) is 2. The van der Waals surface area contributed by atoms with Gasteiger partial charge >= 0.3 is 0 Å². The second kappa shape index (κ2) is 11.2. The summed E-state index contributed by atoms with van der Waals surface area (Å²) in [5.41, 5.74) is 12.8. The minimum Gasteiger partial charge on any atom is -0.508 e. The van der Waals surface area contributed by atoms with Crippen LogP contribution < -0.4 is 11.5 Å². The maximum atomic E-state index is 12.0. The van der Waals surface area contributed by atoms with Crippen molar-refractivity contribution in [2.75, 3.05) is 32.7 Å². The highest BCUT2D eigenvalue weighted by molar-refractivity contribution is 6.03. The number of amidine groups is 1. The number of unbranched alkanes of at least 4 members (excludes halogenated alkanes) is 1. The van der Waals surface area contributed by atoms with Gasteiger partial charge in [0.25, 0.3) is 0 Å². The molecule has 1 aromatic rings. The third kappa shape index (κ3) is 7.95. The van der Waals surface area contributed by atoms with Crippen LogP contribution in [0.15, 0.2) is 35.3 Å². The predicted molar refractivity (Wildman–Crippen MR) is 114 cm³/mol. The Kier molecular flexibility index (Phi) is 8.67. The van der Waals surface area contributed by atoms with Crippen molar-refractivity contribution in [2.45, 2.75) is 32.6 Å². The minimum absolute atomic E-state index is 0.0671. The normalized spacial score (nSPS) is 16.5. The van der Waals surface area contributed by atoms with E-state index in [1.54, 1.807) is 19.1 Å². The topological polar surface area (TPSA) is 125 Å². The Balaban J connectivity index is 1.72. The van der Waals surface area contributed by atoms with Crippen molar-refractivity contribution < 1.29 is 14.7 Å². The molecule has 158 valence electrons. The first-order chi connectivity index (χ1) is 13.8. The van der Waals surface area contributed by atoms with Crippen molar-refractivity contribution in [1.29, 1.82) is 0 Å². The van der Waals surface area contributed by atoms with Gasteiger partial charge < -0.3 is 26.4 Å². The first-order valence-corrected chi connectivity index (χ1v) is 9.96. The minimum atomic E-state index is -0.268. The number of rotatable bonds is 7. The van der Waals surface area contributed by atoms with E-state index in [9.17, 15) is 14.7 Å². The zero-order valence-corrected chi connectivity index (χ0v) is 17.0. The van der Waals surface area contributed by atoms with Crippen LogP contribution in [-0.4, -0.2) is 65.3 Å². The molecule has 1 aliphatic heterocycles. The molecule has 1 aliphatic rings. The van der Waals surface area contributed by atoms with Crippen molar-refractivity contribution in [3.05, 3.63) is 35.9 Å². The van der Waals surface area contributed by atoms with Crippen LogP contribution >= 0.6 is 0 Å². The lowest BCUT2D eigenvalue weighted by atomic mass is 10.1. The number of carbonyl (C=O) groups excluding carboxylic acids is 2. The van der Waals surface area contributed by atoms with Gasteiger partial charge in [0, 0.05) is 44.8 Å². The van der Waals surface area contributed by atoms with Gasteiger partial charge in [-0.1, -0.05) is 0 Å². The summed E-state index contributed by atoms with van der Waals surface area (Å²) in [7, 11) is 0. The fourth-order valence-electron chi connectivity index (χ4n) is 3.25. The number of carbonyl (C=O) groups is 2. The highest BCUT2D eigenvalue weighted by Crippen LogP contribution is 2.14. The first kappa shape index (κ1) is 22.4. The van der Waals surface area contributed by atoms with E-state index in [1.165, 1.54) is 18.2 Å². The predicted octanol–water partition coefficient (Wildman–Crippen LogP) is 1.30. The Bertz CT molecular complexity index is 758. The van der Waals surface area contributed by atoms with Gasteiger partial charge in [0.1, 0.15) is 11.6 Å². The Morgan fingerprint density at radius 2 is 1.83 bits per heavy atom. The number of phenolic OH excluding ortho intramolecular Hbond substituents is 1. The largest absolute Gasteiger partial charge is 0.508 e. The molecule has 5 N–H and O–H groups in total. The zero-order valence-electron chi connectivity index (χ0n) is 17.0. The van der Waals surface area contributed by atoms with E-state index in [-0.39, 0.29) is 23.4 Å². The molecule has 1 saturated heterocycles. The smallest absolute Gasteiger partial charge is 0.247 e. The van der Waals surface area contributed by atoms with Gasteiger partial charge in [0.2, 0.25) is 11.8 Å². The van der Waals surface area contributed by atoms with Crippen LogP contribution in [0.2, 0.25) is 0 Å². The van der Waals surface area contributed by atoms with Gasteiger partial charge in [-0.05, 0) is 62.2 Å². The average molecular weight is 402 g/mol. The summed E-state index contributed by atoms with van der Waals surface area (Å²) < 4.78 is 0. The number of phenols is 1. The third-order valence-electron chi connectivity index (χ3n) is 4.91. The lowest BCUT2D eigenvalue weighted by Gasteiger charge is -2.20. The number of aromatic hydroxyl groups is 1. The highest BCUT2D eigenvalue weighted by atomic mass is 16.3. The van der Waals surface area contributed by atoms with E-state index in [0.717, 1.165) is 52.0 Å². The van der Waals surface area contributed by atoms with Gasteiger partial charge in [-0.3, -0.25) is 9.59 Å². The molecule has 0 radical (unpaired) electrons. The molecule has 1 fully saturated rings. The summed E-state index contributed by atoms with van der Waals surface area (Å²) >= 11 is 0. The molecule has 0 aliphatic carbocycles. The Morgan fingerprint density at radius 3 is 2.52 bits per heavy atom. The molecule has 8 heteroatoms. The van der Waals surface area contributed by atoms with E-state index in [4.69, 9.17) is 11.5 Å². The van der Waals surface area contributed by atoms with E-state index in [0.29, 0.717) is 17.7 Å². The summed E-state index contributed by atoms with van der Waals surface area (Å²) in [4.78, 5) is 31.6. The maximum absolute atomic E-state index is 12.0. The zero-order chi connectivity index (χ0) is 21.2. The molecule has 0 bridgehead atoms. The Morgan fingerprint density at radius 1 is 1.10 bits per heavy atom. The summed E-state index contributed by atoms with van der Waals surface area (Å²) in [6.07, 6.45) is 4.39. The number of benzene rings is 1. The van der Waals surface area contributed by atoms with Gasteiger partial charge in [-0.2, -0.15) is 4.99 Å². The number of hydrogen-bond acceptors (Lipinski definition) is 5. The average Bonchev–Trinajstić information content (AvgIpc) is 2.91. The summed E-state index contributed by atoms with van der Waals surface area (Å²) in [6, 6.07) is 6.37. The SMILES string of the molecule is CC(=O)N1CCCN(CCCCC(=O)N=C(N)/C=C(\N)c2ccc(O)cc2)CC1. The van der Waals surface area contributed by atoms with Crippen molar-refractivity contribution in [3.8, 4) is 5.75 Å². The van der Waals surface area contributed by atoms with Crippen molar-refractivity contribution >= 4 is 23.3 Å². The van der Waals surface area contributed by atoms with Crippen molar-refractivity contribution in [3.63, 3.8) is 0 Å². The van der Waals surface area contributed by atoms with Crippen LogP contribution in [0.5, 0.6) is 5.75 Å². The fourth-order valence-corrected chi connectivity index (χ4v) is 3.25. The monoisotopic (exact) mass is 401 g/mol. The van der Waals surface area contributed by atoms with Crippen LogP contribution in [0.25, 0.3) is 5.70 Å². The van der Waals surface area contributed by atoms with E-state index >= 15 is 0 Å². The van der Waals surface area contributed by atoms with Crippen LogP contribution in [0, 0.1) is 0 Å². The molecule has 29 heavy (non-hydrogen) atoms. The third-order valence-corrected chi connectivity index (χ3v) is 4.91. The lowest BCUT2D eigenvalue weighted by molar-refractivity contribution is -0.128. The second-order valence-corrected chi connectivity index (χ2v) is 7.24. The van der Waals surface area contributed by atoms with Gasteiger partial charge in [-0.25, -0.2) is 0 Å². The number of nitrogens with zero attached hydrogens (tertiary/aromatic N) is 3. The Hall–Kier alpha value is -2.87. The van der Waals surface area contributed by atoms with Crippen LogP contribution in [0.4, 0.5) is 0 Å². The molecule has 0 spiro atoms. The number of aliphatic imine (C=N–C) groups is 1. The second-order valence-electron chi connectivity index (χ2n) is 7.24. The lowest BCUT2D eigenvalue weighted by Crippen LogP contribution is -2.33. The first-order valence-electron chi connectivity index (χ1n) is 9.96. The van der Waals surface area contributed by atoms with E-state index in [2.05, 4.69) is 9.89 Å². The van der Waals surface area contributed by atoms with Crippen molar-refractivity contribution in [2.24, 2.45) is 16.5 Å². The molecule has 0 unspecified atom stereocenters. The van der Waals surface area contributed by atoms with Gasteiger partial charge in [-0.15, -0.1) is 0 Å². The van der Waals surface area contributed by atoms with Crippen LogP contribution in [0.3, 0.4) is 0 Å². The van der Waals surface area contributed by atoms with E-state index in [1.807, 2.05) is 4.90 Å². The number of hydrogen-bond donors (Lipinski definition) is 3. The quantitative estimate of drug-likeness (QED) is 0.359. The highest BCUT2D eigenvalue weighted by Gasteiger charge is 2.16. The Labute approximate surface area is 171 Å².